The topological polar surface area (TPSA) is 75.6 Å². The van der Waals surface area contributed by atoms with Crippen molar-refractivity contribution in [1.29, 1.82) is 0 Å². The van der Waals surface area contributed by atoms with Gasteiger partial charge in [0.2, 0.25) is 0 Å². The van der Waals surface area contributed by atoms with E-state index < -0.39 is 12.1 Å². The normalized spacial score (nSPS) is 20.0. The number of allylic oxidation sites excluding steroid dienone is 1. The summed E-state index contributed by atoms with van der Waals surface area (Å²) in [5.74, 6) is -0.939. The SMILES string of the molecule is CC.CC/C=C(\C=C/COCC1CC(F)CN1)C(=O)O.CCC=O. The maximum atomic E-state index is 12.8. The van der Waals surface area contributed by atoms with E-state index in [1.807, 2.05) is 27.7 Å². The number of hydrogen-bond acceptors (Lipinski definition) is 4. The highest BCUT2D eigenvalue weighted by Crippen LogP contribution is 2.09. The van der Waals surface area contributed by atoms with E-state index in [0.717, 1.165) is 6.29 Å². The largest absolute Gasteiger partial charge is 0.478 e. The molecule has 2 atom stereocenters. The highest BCUT2D eigenvalue weighted by atomic mass is 19.1. The Bertz CT molecular complexity index is 383. The summed E-state index contributed by atoms with van der Waals surface area (Å²) in [6.07, 6.45) is 6.74. The molecule has 24 heavy (non-hydrogen) atoms. The Kier molecular flexibility index (Phi) is 18.4. The Morgan fingerprint density at radius 3 is 2.38 bits per heavy atom. The third-order valence-electron chi connectivity index (χ3n) is 2.84. The number of carbonyl (C=O) groups is 2. The van der Waals surface area contributed by atoms with Gasteiger partial charge in [-0.05, 0) is 18.9 Å². The third kappa shape index (κ3) is 14.1. The van der Waals surface area contributed by atoms with E-state index in [1.54, 1.807) is 12.2 Å². The summed E-state index contributed by atoms with van der Waals surface area (Å²) in [4.78, 5) is 20.0. The number of nitrogens with one attached hydrogen (secondary N) is 1. The molecule has 0 radical (unpaired) electrons. The minimum Gasteiger partial charge on any atom is -0.478 e. The second-order valence-corrected chi connectivity index (χ2v) is 4.83. The zero-order chi connectivity index (χ0) is 18.8. The summed E-state index contributed by atoms with van der Waals surface area (Å²) in [6.45, 7) is 8.87. The fourth-order valence-electron chi connectivity index (χ4n) is 1.80. The highest BCUT2D eigenvalue weighted by Gasteiger charge is 2.22. The molecule has 0 aromatic rings. The number of aliphatic carboxylic acids is 1. The minimum atomic E-state index is -0.939. The van der Waals surface area contributed by atoms with E-state index in [9.17, 15) is 14.0 Å². The van der Waals surface area contributed by atoms with Gasteiger partial charge in [-0.2, -0.15) is 0 Å². The standard InChI is InChI=1S/C13H20FNO3.C3H6O.C2H6/c1-2-4-10(13(16)17)5-3-6-18-9-12-7-11(14)8-15-12;1-2-3-4;1-2/h3-5,11-12,15H,2,6-9H2,1H3,(H,16,17);3H,2H2,1H3;1-2H3/b5-3-,10-4+;;. The molecule has 1 rings (SSSR count). The third-order valence-corrected chi connectivity index (χ3v) is 2.84. The number of carboxylic acid groups (broad SMARTS) is 1. The number of alkyl halides is 1. The molecule has 0 spiro atoms. The lowest BCUT2D eigenvalue weighted by Crippen LogP contribution is -2.26. The number of hydrogen-bond donors (Lipinski definition) is 2. The van der Waals surface area contributed by atoms with Crippen LogP contribution in [-0.4, -0.2) is 49.3 Å². The van der Waals surface area contributed by atoms with Crippen molar-refractivity contribution in [1.82, 2.24) is 5.32 Å². The number of carboxylic acids is 1. The summed E-state index contributed by atoms with van der Waals surface area (Å²) in [6, 6.07) is 0.0681. The van der Waals surface area contributed by atoms with Gasteiger partial charge < -0.3 is 20.0 Å². The van der Waals surface area contributed by atoms with Crippen molar-refractivity contribution in [3.63, 3.8) is 0 Å². The Hall–Kier alpha value is -1.53. The molecule has 6 heteroatoms. The number of rotatable bonds is 8. The molecular formula is C18H32FNO4. The van der Waals surface area contributed by atoms with Crippen LogP contribution in [0.25, 0.3) is 0 Å². The Labute approximate surface area is 145 Å². The summed E-state index contributed by atoms with van der Waals surface area (Å²) < 4.78 is 18.2. The molecule has 0 aromatic heterocycles. The van der Waals surface area contributed by atoms with Crippen LogP contribution in [0.15, 0.2) is 23.8 Å². The second kappa shape index (κ2) is 17.8. The summed E-state index contributed by atoms with van der Waals surface area (Å²) in [5.41, 5.74) is 0.268. The molecule has 0 amide bonds. The molecule has 0 saturated carbocycles. The maximum Gasteiger partial charge on any atom is 0.335 e. The van der Waals surface area contributed by atoms with Crippen LogP contribution in [0.3, 0.4) is 0 Å². The molecule has 1 fully saturated rings. The molecule has 2 unspecified atom stereocenters. The van der Waals surface area contributed by atoms with Gasteiger partial charge in [0, 0.05) is 19.0 Å². The summed E-state index contributed by atoms with van der Waals surface area (Å²) in [5, 5.41) is 11.9. The van der Waals surface area contributed by atoms with Crippen molar-refractivity contribution in [2.45, 2.75) is 59.2 Å². The minimum absolute atomic E-state index is 0.0681. The first-order valence-corrected chi connectivity index (χ1v) is 8.53. The van der Waals surface area contributed by atoms with Gasteiger partial charge in [-0.15, -0.1) is 0 Å². The van der Waals surface area contributed by atoms with Crippen LogP contribution < -0.4 is 5.32 Å². The zero-order valence-corrected chi connectivity index (χ0v) is 15.3. The van der Waals surface area contributed by atoms with Crippen molar-refractivity contribution in [2.75, 3.05) is 19.8 Å². The number of aldehydes is 1. The summed E-state index contributed by atoms with van der Waals surface area (Å²) >= 11 is 0. The highest BCUT2D eigenvalue weighted by molar-refractivity contribution is 5.89. The number of carbonyl (C=O) groups excluding carboxylic acids is 1. The fraction of sp³-hybridized carbons (Fsp3) is 0.667. The van der Waals surface area contributed by atoms with Crippen LogP contribution in [0.4, 0.5) is 4.39 Å². The van der Waals surface area contributed by atoms with Crippen molar-refractivity contribution in [2.24, 2.45) is 0 Å². The Morgan fingerprint density at radius 2 is 1.96 bits per heavy atom. The molecule has 5 nitrogen and oxygen atoms in total. The average Bonchev–Trinajstić information content (AvgIpc) is 3.00. The van der Waals surface area contributed by atoms with Gasteiger partial charge in [0.15, 0.2) is 0 Å². The van der Waals surface area contributed by atoms with Crippen molar-refractivity contribution < 1.29 is 23.8 Å². The molecule has 1 saturated heterocycles. The molecule has 2 N–H and O–H groups in total. The van der Waals surface area contributed by atoms with E-state index in [1.165, 1.54) is 6.08 Å². The van der Waals surface area contributed by atoms with E-state index in [2.05, 4.69) is 5.32 Å². The van der Waals surface area contributed by atoms with Crippen LogP contribution in [0.2, 0.25) is 0 Å². The molecular weight excluding hydrogens is 313 g/mol. The molecule has 0 aliphatic carbocycles. The van der Waals surface area contributed by atoms with Crippen LogP contribution >= 0.6 is 0 Å². The van der Waals surface area contributed by atoms with Gasteiger partial charge in [-0.1, -0.05) is 39.8 Å². The molecule has 140 valence electrons. The molecule has 1 aliphatic rings. The first-order valence-electron chi connectivity index (χ1n) is 8.53. The Morgan fingerprint density at radius 1 is 1.33 bits per heavy atom. The molecule has 0 aromatic carbocycles. The first kappa shape index (κ1) is 24.7. The van der Waals surface area contributed by atoms with Crippen molar-refractivity contribution in [3.8, 4) is 0 Å². The van der Waals surface area contributed by atoms with Gasteiger partial charge in [0.25, 0.3) is 0 Å². The van der Waals surface area contributed by atoms with E-state index in [4.69, 9.17) is 9.84 Å². The molecule has 1 heterocycles. The lowest BCUT2D eigenvalue weighted by Gasteiger charge is -2.08. The predicted octanol–water partition coefficient (Wildman–Crippen LogP) is 3.30. The van der Waals surface area contributed by atoms with Crippen LogP contribution in [-0.2, 0) is 14.3 Å². The van der Waals surface area contributed by atoms with Gasteiger partial charge in [0.1, 0.15) is 12.5 Å². The lowest BCUT2D eigenvalue weighted by atomic mass is 10.2. The zero-order valence-electron chi connectivity index (χ0n) is 15.3. The maximum absolute atomic E-state index is 12.8. The predicted molar refractivity (Wildman–Crippen MR) is 95.0 cm³/mol. The first-order chi connectivity index (χ1) is 11.5. The van der Waals surface area contributed by atoms with Gasteiger partial charge in [-0.25, -0.2) is 9.18 Å². The van der Waals surface area contributed by atoms with Crippen molar-refractivity contribution >= 4 is 12.3 Å². The lowest BCUT2D eigenvalue weighted by molar-refractivity contribution is -0.132. The number of halogens is 1. The second-order valence-electron chi connectivity index (χ2n) is 4.83. The molecule has 1 aliphatic heterocycles. The average molecular weight is 345 g/mol. The number of ether oxygens (including phenoxy) is 1. The van der Waals surface area contributed by atoms with Crippen molar-refractivity contribution in [3.05, 3.63) is 23.8 Å². The quantitative estimate of drug-likeness (QED) is 0.305. The van der Waals surface area contributed by atoms with E-state index >= 15 is 0 Å². The van der Waals surface area contributed by atoms with E-state index in [0.29, 0.717) is 39.0 Å². The summed E-state index contributed by atoms with van der Waals surface area (Å²) in [7, 11) is 0. The van der Waals surface area contributed by atoms with Crippen LogP contribution in [0.1, 0.15) is 47.0 Å². The molecule has 0 bridgehead atoms. The van der Waals surface area contributed by atoms with Crippen LogP contribution in [0.5, 0.6) is 0 Å². The van der Waals surface area contributed by atoms with Gasteiger partial charge in [-0.3, -0.25) is 0 Å². The Balaban J connectivity index is 0. The van der Waals surface area contributed by atoms with Crippen LogP contribution in [0, 0.1) is 0 Å². The monoisotopic (exact) mass is 345 g/mol. The van der Waals surface area contributed by atoms with E-state index in [-0.39, 0.29) is 11.6 Å². The fourth-order valence-corrected chi connectivity index (χ4v) is 1.80. The van der Waals surface area contributed by atoms with Gasteiger partial charge in [0.05, 0.1) is 18.8 Å². The smallest absolute Gasteiger partial charge is 0.335 e. The van der Waals surface area contributed by atoms with Gasteiger partial charge >= 0.3 is 5.97 Å².